The highest BCUT2D eigenvalue weighted by atomic mass is 16.5. The summed E-state index contributed by atoms with van der Waals surface area (Å²) in [4.78, 5) is 26.1. The number of carbonyl (C=O) groups is 2. The molecule has 0 spiro atoms. The summed E-state index contributed by atoms with van der Waals surface area (Å²) in [5, 5.41) is 0. The van der Waals surface area contributed by atoms with Gasteiger partial charge in [-0.2, -0.15) is 0 Å². The van der Waals surface area contributed by atoms with Crippen LogP contribution in [0.1, 0.15) is 18.9 Å². The fraction of sp³-hybridized carbons (Fsp3) is 0.263. The summed E-state index contributed by atoms with van der Waals surface area (Å²) in [6, 6.07) is 16.9. The average molecular weight is 309 g/mol. The molecule has 118 valence electrons. The Kier molecular flexibility index (Phi) is 4.42. The van der Waals surface area contributed by atoms with E-state index in [0.29, 0.717) is 12.3 Å². The SMILES string of the molecule is CCc1ccc(OC(=O)[C@@H]2CC(=O)N(c3ccccc3)C2)cc1. The second-order valence-corrected chi connectivity index (χ2v) is 5.66. The number of hydrogen-bond donors (Lipinski definition) is 0. The van der Waals surface area contributed by atoms with Gasteiger partial charge < -0.3 is 9.64 Å². The van der Waals surface area contributed by atoms with Gasteiger partial charge in [-0.1, -0.05) is 37.3 Å². The molecule has 0 bridgehead atoms. The summed E-state index contributed by atoms with van der Waals surface area (Å²) in [6.07, 6.45) is 1.14. The predicted octanol–water partition coefficient (Wildman–Crippen LogP) is 3.21. The fourth-order valence-corrected chi connectivity index (χ4v) is 2.72. The van der Waals surface area contributed by atoms with Crippen molar-refractivity contribution in [3.8, 4) is 5.75 Å². The molecule has 2 aromatic carbocycles. The zero-order valence-electron chi connectivity index (χ0n) is 13.1. The monoisotopic (exact) mass is 309 g/mol. The Balaban J connectivity index is 1.65. The number of benzene rings is 2. The maximum atomic E-state index is 12.3. The standard InChI is InChI=1S/C19H19NO3/c1-2-14-8-10-17(11-9-14)23-19(22)15-12-18(21)20(13-15)16-6-4-3-5-7-16/h3-11,15H,2,12-13H2,1H3/t15-/m1/s1. The molecule has 3 rings (SSSR count). The van der Waals surface area contributed by atoms with Crippen LogP contribution in [-0.2, 0) is 16.0 Å². The van der Waals surface area contributed by atoms with Crippen LogP contribution in [0.5, 0.6) is 5.75 Å². The molecule has 0 radical (unpaired) electrons. The summed E-state index contributed by atoms with van der Waals surface area (Å²) in [6.45, 7) is 2.44. The second kappa shape index (κ2) is 6.65. The summed E-state index contributed by atoms with van der Waals surface area (Å²) in [7, 11) is 0. The molecule has 23 heavy (non-hydrogen) atoms. The molecule has 4 nitrogen and oxygen atoms in total. The van der Waals surface area contributed by atoms with Gasteiger partial charge in [0.2, 0.25) is 5.91 Å². The number of esters is 1. The molecule has 2 aromatic rings. The van der Waals surface area contributed by atoms with Gasteiger partial charge in [0.05, 0.1) is 5.92 Å². The van der Waals surface area contributed by atoms with E-state index in [1.165, 1.54) is 5.56 Å². The average Bonchev–Trinajstić information content (AvgIpc) is 2.98. The number of ether oxygens (including phenoxy) is 1. The molecule has 4 heteroatoms. The highest BCUT2D eigenvalue weighted by molar-refractivity contribution is 5.99. The van der Waals surface area contributed by atoms with Gasteiger partial charge in [-0.05, 0) is 36.2 Å². The molecule has 1 fully saturated rings. The van der Waals surface area contributed by atoms with E-state index in [0.717, 1.165) is 12.1 Å². The van der Waals surface area contributed by atoms with E-state index in [9.17, 15) is 9.59 Å². The zero-order chi connectivity index (χ0) is 16.2. The van der Waals surface area contributed by atoms with E-state index in [-0.39, 0.29) is 18.3 Å². The van der Waals surface area contributed by atoms with E-state index in [4.69, 9.17) is 4.74 Å². The van der Waals surface area contributed by atoms with Gasteiger partial charge in [0, 0.05) is 18.7 Å². The molecule has 0 saturated carbocycles. The Morgan fingerprint density at radius 3 is 2.48 bits per heavy atom. The molecule has 0 aromatic heterocycles. The lowest BCUT2D eigenvalue weighted by Gasteiger charge is -2.16. The number of hydrogen-bond acceptors (Lipinski definition) is 3. The molecular weight excluding hydrogens is 290 g/mol. The maximum Gasteiger partial charge on any atom is 0.316 e. The van der Waals surface area contributed by atoms with Crippen molar-refractivity contribution in [3.63, 3.8) is 0 Å². The van der Waals surface area contributed by atoms with Gasteiger partial charge in [-0.3, -0.25) is 9.59 Å². The molecule has 0 aliphatic carbocycles. The van der Waals surface area contributed by atoms with E-state index >= 15 is 0 Å². The predicted molar refractivity (Wildman–Crippen MR) is 88.4 cm³/mol. The van der Waals surface area contributed by atoms with Crippen molar-refractivity contribution in [2.75, 3.05) is 11.4 Å². The van der Waals surface area contributed by atoms with Crippen molar-refractivity contribution >= 4 is 17.6 Å². The molecule has 0 N–H and O–H groups in total. The third kappa shape index (κ3) is 3.42. The van der Waals surface area contributed by atoms with Crippen LogP contribution >= 0.6 is 0 Å². The van der Waals surface area contributed by atoms with Gasteiger partial charge in [0.1, 0.15) is 5.75 Å². The van der Waals surface area contributed by atoms with Crippen LogP contribution in [0.25, 0.3) is 0 Å². The Morgan fingerprint density at radius 1 is 1.13 bits per heavy atom. The summed E-state index contributed by atoms with van der Waals surface area (Å²) < 4.78 is 5.41. The van der Waals surface area contributed by atoms with Crippen molar-refractivity contribution in [2.45, 2.75) is 19.8 Å². The molecule has 1 atom stereocenters. The second-order valence-electron chi connectivity index (χ2n) is 5.66. The highest BCUT2D eigenvalue weighted by Gasteiger charge is 2.36. The molecule has 1 amide bonds. The fourth-order valence-electron chi connectivity index (χ4n) is 2.72. The van der Waals surface area contributed by atoms with E-state index in [1.54, 1.807) is 17.0 Å². The first kappa shape index (κ1) is 15.3. The number of amides is 1. The number of anilines is 1. The highest BCUT2D eigenvalue weighted by Crippen LogP contribution is 2.26. The van der Waals surface area contributed by atoms with E-state index in [2.05, 4.69) is 6.92 Å². The Hall–Kier alpha value is -2.62. The molecule has 1 aliphatic heterocycles. The third-order valence-electron chi connectivity index (χ3n) is 4.08. The third-order valence-corrected chi connectivity index (χ3v) is 4.08. The topological polar surface area (TPSA) is 46.6 Å². The van der Waals surface area contributed by atoms with Crippen molar-refractivity contribution in [2.24, 2.45) is 5.92 Å². The minimum Gasteiger partial charge on any atom is -0.426 e. The summed E-state index contributed by atoms with van der Waals surface area (Å²) in [5.41, 5.74) is 2.01. The van der Waals surface area contributed by atoms with Crippen LogP contribution in [0.4, 0.5) is 5.69 Å². The number of aryl methyl sites for hydroxylation is 1. The number of rotatable bonds is 4. The Morgan fingerprint density at radius 2 is 1.83 bits per heavy atom. The molecule has 1 aliphatic rings. The summed E-state index contributed by atoms with van der Waals surface area (Å²) in [5.74, 6) is -0.285. The van der Waals surface area contributed by atoms with Crippen molar-refractivity contribution < 1.29 is 14.3 Å². The van der Waals surface area contributed by atoms with Crippen molar-refractivity contribution in [1.82, 2.24) is 0 Å². The van der Waals surface area contributed by atoms with Gasteiger partial charge in [-0.15, -0.1) is 0 Å². The van der Waals surface area contributed by atoms with Crippen molar-refractivity contribution in [1.29, 1.82) is 0 Å². The summed E-state index contributed by atoms with van der Waals surface area (Å²) >= 11 is 0. The molecule has 1 saturated heterocycles. The molecule has 1 heterocycles. The zero-order valence-corrected chi connectivity index (χ0v) is 13.1. The lowest BCUT2D eigenvalue weighted by atomic mass is 10.1. The van der Waals surface area contributed by atoms with Crippen LogP contribution < -0.4 is 9.64 Å². The van der Waals surface area contributed by atoms with Crippen LogP contribution in [0.15, 0.2) is 54.6 Å². The van der Waals surface area contributed by atoms with Crippen LogP contribution in [-0.4, -0.2) is 18.4 Å². The minimum atomic E-state index is -0.423. The smallest absolute Gasteiger partial charge is 0.316 e. The lowest BCUT2D eigenvalue weighted by molar-refractivity contribution is -0.139. The minimum absolute atomic E-state index is 0.0421. The van der Waals surface area contributed by atoms with Crippen LogP contribution in [0.2, 0.25) is 0 Å². The lowest BCUT2D eigenvalue weighted by Crippen LogP contribution is -2.27. The van der Waals surface area contributed by atoms with Crippen LogP contribution in [0.3, 0.4) is 0 Å². The molecular formula is C19H19NO3. The van der Waals surface area contributed by atoms with Crippen molar-refractivity contribution in [3.05, 3.63) is 60.2 Å². The Labute approximate surface area is 135 Å². The first-order valence-corrected chi connectivity index (χ1v) is 7.83. The van der Waals surface area contributed by atoms with Crippen LogP contribution in [0, 0.1) is 5.92 Å². The van der Waals surface area contributed by atoms with E-state index < -0.39 is 5.92 Å². The number of nitrogens with zero attached hydrogens (tertiary/aromatic N) is 1. The maximum absolute atomic E-state index is 12.3. The van der Waals surface area contributed by atoms with Gasteiger partial charge >= 0.3 is 5.97 Å². The Bertz CT molecular complexity index is 694. The van der Waals surface area contributed by atoms with Gasteiger partial charge in [0.25, 0.3) is 0 Å². The quantitative estimate of drug-likeness (QED) is 0.643. The van der Waals surface area contributed by atoms with E-state index in [1.807, 2.05) is 42.5 Å². The number of para-hydroxylation sites is 1. The largest absolute Gasteiger partial charge is 0.426 e. The molecule has 0 unspecified atom stereocenters. The van der Waals surface area contributed by atoms with Gasteiger partial charge in [-0.25, -0.2) is 0 Å². The first-order valence-electron chi connectivity index (χ1n) is 7.83. The van der Waals surface area contributed by atoms with Gasteiger partial charge in [0.15, 0.2) is 0 Å². The first-order chi connectivity index (χ1) is 11.2. The number of carbonyl (C=O) groups excluding carboxylic acids is 2. The normalized spacial score (nSPS) is 17.3.